The van der Waals surface area contributed by atoms with Crippen molar-refractivity contribution in [1.29, 1.82) is 0 Å². The van der Waals surface area contributed by atoms with E-state index in [4.69, 9.17) is 9.94 Å². The van der Waals surface area contributed by atoms with Gasteiger partial charge in [-0.2, -0.15) is 0 Å². The van der Waals surface area contributed by atoms with E-state index in [1.165, 1.54) is 23.7 Å². The second-order valence-electron chi connectivity index (χ2n) is 6.50. The van der Waals surface area contributed by atoms with Crippen molar-refractivity contribution >= 4 is 23.6 Å². The van der Waals surface area contributed by atoms with Crippen LogP contribution in [-0.2, 0) is 16.1 Å². The van der Waals surface area contributed by atoms with Crippen molar-refractivity contribution in [3.8, 4) is 0 Å². The number of benzene rings is 2. The van der Waals surface area contributed by atoms with Crippen LogP contribution in [0.1, 0.15) is 21.5 Å². The second kappa shape index (κ2) is 9.81. The molecule has 1 heterocycles. The Labute approximate surface area is 167 Å². The molecule has 3 N–H and O–H groups in total. The molecule has 0 atom stereocenters. The molecule has 1 fully saturated rings. The molecule has 2 aromatic carbocycles. The average molecular weight is 399 g/mol. The average Bonchev–Trinajstić information content (AvgIpc) is 2.76. The molecule has 7 nitrogen and oxygen atoms in total. The predicted octanol–water partition coefficient (Wildman–Crippen LogP) is 2.11. The van der Waals surface area contributed by atoms with Gasteiger partial charge in [-0.3, -0.25) is 14.8 Å². The third-order valence-corrected chi connectivity index (χ3v) is 4.50. The van der Waals surface area contributed by atoms with Crippen LogP contribution in [0.3, 0.4) is 0 Å². The Hall–Kier alpha value is -3.23. The number of morpholine rings is 1. The molecule has 0 aliphatic carbocycles. The Balaban J connectivity index is 1.70. The fourth-order valence-electron chi connectivity index (χ4n) is 3.06. The number of rotatable bonds is 6. The van der Waals surface area contributed by atoms with Gasteiger partial charge in [-0.25, -0.2) is 9.87 Å². The van der Waals surface area contributed by atoms with E-state index in [0.29, 0.717) is 32.0 Å². The number of nitrogens with one attached hydrogen (secondary N) is 2. The van der Waals surface area contributed by atoms with E-state index in [2.05, 4.69) is 5.32 Å². The molecule has 2 amide bonds. The number of carbonyl (C=O) groups is 2. The molecular formula is C21H22FN3O4. The third-order valence-electron chi connectivity index (χ3n) is 4.50. The highest BCUT2D eigenvalue weighted by atomic mass is 19.1. The number of hydrogen-bond donors (Lipinski definition) is 3. The van der Waals surface area contributed by atoms with E-state index in [1.54, 1.807) is 30.3 Å². The molecule has 0 saturated carbocycles. The molecule has 152 valence electrons. The summed E-state index contributed by atoms with van der Waals surface area (Å²) in [6, 6.07) is 11.4. The Kier molecular flexibility index (Phi) is 6.94. The standard InChI is InChI=1S/C21H22FN3O4/c22-17-5-6-19(25-8-10-29-11-9-25)18(13-17)21(27)23-14-16-3-1-2-15(12-16)4-7-20(26)24-28/h1-7,12-13,28H,8-11,14H2,(H,23,27)(H,24,26)/b7-4+. The summed E-state index contributed by atoms with van der Waals surface area (Å²) in [5.41, 5.74) is 4.03. The van der Waals surface area contributed by atoms with E-state index in [9.17, 15) is 14.0 Å². The summed E-state index contributed by atoms with van der Waals surface area (Å²) in [7, 11) is 0. The van der Waals surface area contributed by atoms with E-state index < -0.39 is 11.7 Å². The monoisotopic (exact) mass is 399 g/mol. The highest BCUT2D eigenvalue weighted by Gasteiger charge is 2.19. The summed E-state index contributed by atoms with van der Waals surface area (Å²) >= 11 is 0. The van der Waals surface area contributed by atoms with Crippen LogP contribution in [0.2, 0.25) is 0 Å². The zero-order valence-corrected chi connectivity index (χ0v) is 15.7. The molecule has 1 aliphatic rings. The van der Waals surface area contributed by atoms with Crippen LogP contribution in [0, 0.1) is 5.82 Å². The molecule has 0 radical (unpaired) electrons. The van der Waals surface area contributed by atoms with Crippen LogP contribution in [-0.4, -0.2) is 43.3 Å². The molecule has 8 heteroatoms. The summed E-state index contributed by atoms with van der Waals surface area (Å²) in [5.74, 6) is -1.47. The number of amides is 2. The molecule has 0 unspecified atom stereocenters. The second-order valence-corrected chi connectivity index (χ2v) is 6.50. The van der Waals surface area contributed by atoms with Gasteiger partial charge in [0.25, 0.3) is 11.8 Å². The fourth-order valence-corrected chi connectivity index (χ4v) is 3.06. The summed E-state index contributed by atoms with van der Waals surface area (Å²) in [5, 5.41) is 11.3. The summed E-state index contributed by atoms with van der Waals surface area (Å²) in [6.07, 6.45) is 2.74. The molecule has 3 rings (SSSR count). The maximum atomic E-state index is 13.8. The lowest BCUT2D eigenvalue weighted by Crippen LogP contribution is -2.38. The molecule has 0 bridgehead atoms. The maximum absolute atomic E-state index is 13.8. The number of ether oxygens (including phenoxy) is 1. The largest absolute Gasteiger partial charge is 0.378 e. The van der Waals surface area contributed by atoms with Gasteiger partial charge in [-0.1, -0.05) is 18.2 Å². The summed E-state index contributed by atoms with van der Waals surface area (Å²) < 4.78 is 19.1. The Morgan fingerprint density at radius 1 is 1.17 bits per heavy atom. The number of hydroxylamine groups is 1. The molecular weight excluding hydrogens is 377 g/mol. The lowest BCUT2D eigenvalue weighted by molar-refractivity contribution is -0.124. The topological polar surface area (TPSA) is 90.9 Å². The highest BCUT2D eigenvalue weighted by molar-refractivity contribution is 5.99. The lowest BCUT2D eigenvalue weighted by Gasteiger charge is -2.30. The molecule has 0 spiro atoms. The SMILES string of the molecule is O=C(/C=C/c1cccc(CNC(=O)c2cc(F)ccc2N2CCOCC2)c1)NO. The first-order valence-corrected chi connectivity index (χ1v) is 9.18. The van der Waals surface area contributed by atoms with Gasteiger partial charge < -0.3 is 15.0 Å². The summed E-state index contributed by atoms with van der Waals surface area (Å²) in [6.45, 7) is 2.65. The fraction of sp³-hybridized carbons (Fsp3) is 0.238. The van der Waals surface area contributed by atoms with Gasteiger partial charge in [0.2, 0.25) is 0 Å². The van der Waals surface area contributed by atoms with Crippen LogP contribution in [0.4, 0.5) is 10.1 Å². The first-order chi connectivity index (χ1) is 14.1. The van der Waals surface area contributed by atoms with Crippen molar-refractivity contribution in [2.75, 3.05) is 31.2 Å². The Bertz CT molecular complexity index is 911. The zero-order chi connectivity index (χ0) is 20.6. The van der Waals surface area contributed by atoms with Gasteiger partial charge in [-0.15, -0.1) is 0 Å². The first kappa shape index (κ1) is 20.5. The van der Waals surface area contributed by atoms with E-state index >= 15 is 0 Å². The predicted molar refractivity (Wildman–Crippen MR) is 106 cm³/mol. The van der Waals surface area contributed by atoms with E-state index in [0.717, 1.165) is 11.1 Å². The van der Waals surface area contributed by atoms with Crippen molar-refractivity contribution in [1.82, 2.24) is 10.8 Å². The number of hydrogen-bond acceptors (Lipinski definition) is 5. The maximum Gasteiger partial charge on any atom is 0.267 e. The third kappa shape index (κ3) is 5.63. The van der Waals surface area contributed by atoms with Gasteiger partial charge in [0.05, 0.1) is 18.8 Å². The molecule has 0 aromatic heterocycles. The van der Waals surface area contributed by atoms with E-state index in [1.807, 2.05) is 11.0 Å². The number of anilines is 1. The van der Waals surface area contributed by atoms with Crippen LogP contribution in [0.5, 0.6) is 0 Å². The lowest BCUT2D eigenvalue weighted by atomic mass is 10.1. The minimum Gasteiger partial charge on any atom is -0.378 e. The van der Waals surface area contributed by atoms with Gasteiger partial charge in [0, 0.05) is 31.4 Å². The van der Waals surface area contributed by atoms with Crippen LogP contribution in [0.25, 0.3) is 6.08 Å². The van der Waals surface area contributed by atoms with Gasteiger partial charge in [0.1, 0.15) is 5.82 Å². The van der Waals surface area contributed by atoms with Crippen LogP contribution >= 0.6 is 0 Å². The van der Waals surface area contributed by atoms with Gasteiger partial charge in [0.15, 0.2) is 0 Å². The first-order valence-electron chi connectivity index (χ1n) is 9.18. The van der Waals surface area contributed by atoms with Crippen molar-refractivity contribution in [2.24, 2.45) is 0 Å². The minimum atomic E-state index is -0.634. The van der Waals surface area contributed by atoms with Crippen LogP contribution < -0.4 is 15.7 Å². The molecule has 2 aromatic rings. The quantitative estimate of drug-likeness (QED) is 0.393. The smallest absolute Gasteiger partial charge is 0.267 e. The summed E-state index contributed by atoms with van der Waals surface area (Å²) in [4.78, 5) is 25.8. The number of carbonyl (C=O) groups excluding carboxylic acids is 2. The molecule has 1 saturated heterocycles. The minimum absolute atomic E-state index is 0.242. The van der Waals surface area contributed by atoms with Gasteiger partial charge in [-0.05, 0) is 41.5 Å². The van der Waals surface area contributed by atoms with Crippen molar-refractivity contribution in [2.45, 2.75) is 6.54 Å². The highest BCUT2D eigenvalue weighted by Crippen LogP contribution is 2.23. The normalized spacial score (nSPS) is 14.1. The van der Waals surface area contributed by atoms with Gasteiger partial charge >= 0.3 is 0 Å². The van der Waals surface area contributed by atoms with Crippen LogP contribution in [0.15, 0.2) is 48.5 Å². The van der Waals surface area contributed by atoms with E-state index in [-0.39, 0.29) is 18.0 Å². The van der Waals surface area contributed by atoms with Crippen molar-refractivity contribution < 1.29 is 23.9 Å². The Morgan fingerprint density at radius 2 is 1.97 bits per heavy atom. The number of nitrogens with zero attached hydrogens (tertiary/aromatic N) is 1. The Morgan fingerprint density at radius 3 is 2.72 bits per heavy atom. The molecule has 1 aliphatic heterocycles. The molecule has 29 heavy (non-hydrogen) atoms. The van der Waals surface area contributed by atoms with Crippen molar-refractivity contribution in [3.05, 3.63) is 71.0 Å². The zero-order valence-electron chi connectivity index (χ0n) is 15.7. The van der Waals surface area contributed by atoms with Crippen molar-refractivity contribution in [3.63, 3.8) is 0 Å². The number of halogens is 1.